The second-order valence-electron chi connectivity index (χ2n) is 4.52. The summed E-state index contributed by atoms with van der Waals surface area (Å²) in [4.78, 5) is 4.01. The van der Waals surface area contributed by atoms with Crippen LogP contribution in [0.3, 0.4) is 0 Å². The molecule has 0 saturated carbocycles. The van der Waals surface area contributed by atoms with Gasteiger partial charge < -0.3 is 0 Å². The van der Waals surface area contributed by atoms with Crippen LogP contribution in [0.1, 0.15) is 11.1 Å². The van der Waals surface area contributed by atoms with Crippen LogP contribution in [0.25, 0.3) is 0 Å². The molecule has 0 radical (unpaired) electrons. The van der Waals surface area contributed by atoms with E-state index in [-0.39, 0.29) is 0 Å². The summed E-state index contributed by atoms with van der Waals surface area (Å²) < 4.78 is 0. The van der Waals surface area contributed by atoms with Crippen molar-refractivity contribution in [3.05, 3.63) is 63.9 Å². The third-order valence-electron chi connectivity index (χ3n) is 3.02. The van der Waals surface area contributed by atoms with Gasteiger partial charge in [0.05, 0.1) is 5.02 Å². The van der Waals surface area contributed by atoms with Crippen LogP contribution in [0.5, 0.6) is 0 Å². The molecular weight excluding hydrogens is 345 g/mol. The van der Waals surface area contributed by atoms with Crippen molar-refractivity contribution in [2.75, 3.05) is 5.33 Å². The maximum atomic E-state index is 6.15. The number of halogens is 3. The maximum Gasteiger partial charge on any atom is 0.0621 e. The zero-order valence-electron chi connectivity index (χ0n) is 10.3. The number of pyridine rings is 1. The minimum absolute atomic E-state index is 0.501. The molecule has 100 valence electrons. The molecule has 19 heavy (non-hydrogen) atoms. The molecule has 1 nitrogen and oxygen atoms in total. The van der Waals surface area contributed by atoms with Gasteiger partial charge in [-0.05, 0) is 48.1 Å². The van der Waals surface area contributed by atoms with Crippen LogP contribution >= 0.6 is 39.1 Å². The Morgan fingerprint density at radius 2 is 1.79 bits per heavy atom. The smallest absolute Gasteiger partial charge is 0.0621 e. The maximum absolute atomic E-state index is 6.15. The molecule has 0 amide bonds. The minimum Gasteiger partial charge on any atom is -0.263 e. The van der Waals surface area contributed by atoms with Gasteiger partial charge in [-0.1, -0.05) is 51.3 Å². The summed E-state index contributed by atoms with van der Waals surface area (Å²) in [5, 5.41) is 2.45. The monoisotopic (exact) mass is 357 g/mol. The Hall–Kier alpha value is -0.570. The lowest BCUT2D eigenvalue weighted by Gasteiger charge is -2.15. The van der Waals surface area contributed by atoms with Gasteiger partial charge in [0.2, 0.25) is 0 Å². The molecule has 0 spiro atoms. The molecule has 0 N–H and O–H groups in total. The lowest BCUT2D eigenvalue weighted by molar-refractivity contribution is 0.591. The standard InChI is InChI=1S/C15H14BrCl2N/c16-9-12(7-11-1-3-14(17)4-2-11)8-13-5-6-19-10-15(13)18/h1-6,10,12H,7-9H2. The van der Waals surface area contributed by atoms with E-state index >= 15 is 0 Å². The molecule has 1 atom stereocenters. The van der Waals surface area contributed by atoms with Crippen LogP contribution < -0.4 is 0 Å². The van der Waals surface area contributed by atoms with Crippen molar-refractivity contribution in [3.8, 4) is 0 Å². The zero-order valence-corrected chi connectivity index (χ0v) is 13.4. The normalized spacial score (nSPS) is 12.4. The molecule has 1 aromatic heterocycles. The first kappa shape index (κ1) is 14.8. The van der Waals surface area contributed by atoms with Crippen molar-refractivity contribution in [2.24, 2.45) is 5.92 Å². The molecule has 0 bridgehead atoms. The van der Waals surface area contributed by atoms with E-state index in [1.807, 2.05) is 18.2 Å². The van der Waals surface area contributed by atoms with Crippen molar-refractivity contribution < 1.29 is 0 Å². The number of hydrogen-bond acceptors (Lipinski definition) is 1. The van der Waals surface area contributed by atoms with E-state index in [0.29, 0.717) is 5.92 Å². The van der Waals surface area contributed by atoms with Gasteiger partial charge in [0.1, 0.15) is 0 Å². The average Bonchev–Trinajstić information content (AvgIpc) is 2.43. The van der Waals surface area contributed by atoms with Crippen molar-refractivity contribution >= 4 is 39.1 Å². The number of aromatic nitrogens is 1. The minimum atomic E-state index is 0.501. The van der Waals surface area contributed by atoms with E-state index in [2.05, 4.69) is 33.0 Å². The number of hydrogen-bond donors (Lipinski definition) is 0. The second-order valence-corrected chi connectivity index (χ2v) is 6.01. The summed E-state index contributed by atoms with van der Waals surface area (Å²) in [5.41, 5.74) is 2.44. The summed E-state index contributed by atoms with van der Waals surface area (Å²) in [7, 11) is 0. The van der Waals surface area contributed by atoms with Gasteiger partial charge in [0.25, 0.3) is 0 Å². The van der Waals surface area contributed by atoms with Crippen LogP contribution in [0.4, 0.5) is 0 Å². The van der Waals surface area contributed by atoms with Gasteiger partial charge in [-0.15, -0.1) is 0 Å². The largest absolute Gasteiger partial charge is 0.263 e. The average molecular weight is 359 g/mol. The molecular formula is C15H14BrCl2N. The SMILES string of the molecule is Clc1ccc(CC(CBr)Cc2ccncc2Cl)cc1. The van der Waals surface area contributed by atoms with Crippen molar-refractivity contribution in [2.45, 2.75) is 12.8 Å². The Labute approximate surface area is 132 Å². The predicted octanol–water partition coefficient (Wildman–Crippen LogP) is 5.18. The summed E-state index contributed by atoms with van der Waals surface area (Å²) >= 11 is 15.6. The van der Waals surface area contributed by atoms with Gasteiger partial charge in [0.15, 0.2) is 0 Å². The van der Waals surface area contributed by atoms with Crippen LogP contribution in [-0.4, -0.2) is 10.3 Å². The molecule has 0 fully saturated rings. The van der Waals surface area contributed by atoms with Gasteiger partial charge in [-0.2, -0.15) is 0 Å². The number of rotatable bonds is 5. The van der Waals surface area contributed by atoms with E-state index in [1.165, 1.54) is 5.56 Å². The number of benzene rings is 1. The zero-order chi connectivity index (χ0) is 13.7. The highest BCUT2D eigenvalue weighted by Gasteiger charge is 2.11. The molecule has 0 aliphatic rings. The molecule has 1 heterocycles. The first-order valence-corrected chi connectivity index (χ1v) is 7.95. The molecule has 2 aromatic rings. The molecule has 4 heteroatoms. The Morgan fingerprint density at radius 1 is 1.05 bits per heavy atom. The topological polar surface area (TPSA) is 12.9 Å². The van der Waals surface area contributed by atoms with E-state index in [0.717, 1.165) is 33.8 Å². The fourth-order valence-electron chi connectivity index (χ4n) is 2.02. The second kappa shape index (κ2) is 7.28. The summed E-state index contributed by atoms with van der Waals surface area (Å²) in [6, 6.07) is 10.0. The first-order chi connectivity index (χ1) is 9.19. The summed E-state index contributed by atoms with van der Waals surface area (Å²) in [5.74, 6) is 0.501. The number of alkyl halides is 1. The van der Waals surface area contributed by atoms with Crippen molar-refractivity contribution in [3.63, 3.8) is 0 Å². The highest BCUT2D eigenvalue weighted by atomic mass is 79.9. The van der Waals surface area contributed by atoms with Crippen LogP contribution in [0.15, 0.2) is 42.7 Å². The fourth-order valence-corrected chi connectivity index (χ4v) is 2.80. The lowest BCUT2D eigenvalue weighted by atomic mass is 9.95. The molecule has 2 rings (SSSR count). The van der Waals surface area contributed by atoms with Gasteiger partial charge in [-0.3, -0.25) is 4.98 Å². The molecule has 0 aliphatic heterocycles. The highest BCUT2D eigenvalue weighted by molar-refractivity contribution is 9.09. The third-order valence-corrected chi connectivity index (χ3v) is 4.53. The van der Waals surface area contributed by atoms with E-state index in [1.54, 1.807) is 12.4 Å². The molecule has 0 aliphatic carbocycles. The molecule has 0 saturated heterocycles. The van der Waals surface area contributed by atoms with Crippen molar-refractivity contribution in [1.82, 2.24) is 4.98 Å². The van der Waals surface area contributed by atoms with Gasteiger partial charge in [-0.25, -0.2) is 0 Å². The Balaban J connectivity index is 2.05. The van der Waals surface area contributed by atoms with Crippen LogP contribution in [-0.2, 0) is 12.8 Å². The summed E-state index contributed by atoms with van der Waals surface area (Å²) in [6.45, 7) is 0. The Bertz CT molecular complexity index is 528. The fraction of sp³-hybridized carbons (Fsp3) is 0.267. The third kappa shape index (κ3) is 4.48. The Kier molecular flexibility index (Phi) is 5.68. The van der Waals surface area contributed by atoms with Crippen molar-refractivity contribution in [1.29, 1.82) is 0 Å². The molecule has 1 unspecified atom stereocenters. The van der Waals surface area contributed by atoms with E-state index in [9.17, 15) is 0 Å². The van der Waals surface area contributed by atoms with Crippen LogP contribution in [0.2, 0.25) is 10.0 Å². The van der Waals surface area contributed by atoms with E-state index in [4.69, 9.17) is 23.2 Å². The Morgan fingerprint density at radius 3 is 2.42 bits per heavy atom. The van der Waals surface area contributed by atoms with E-state index < -0.39 is 0 Å². The quantitative estimate of drug-likeness (QED) is 0.670. The highest BCUT2D eigenvalue weighted by Crippen LogP contribution is 2.22. The van der Waals surface area contributed by atoms with Gasteiger partial charge in [0, 0.05) is 22.7 Å². The molecule has 1 aromatic carbocycles. The van der Waals surface area contributed by atoms with Crippen LogP contribution in [0, 0.1) is 5.92 Å². The first-order valence-electron chi connectivity index (χ1n) is 6.08. The summed E-state index contributed by atoms with van der Waals surface area (Å²) in [6.07, 6.45) is 5.43. The predicted molar refractivity (Wildman–Crippen MR) is 85.4 cm³/mol. The lowest BCUT2D eigenvalue weighted by Crippen LogP contribution is -2.10. The van der Waals surface area contributed by atoms with Gasteiger partial charge >= 0.3 is 0 Å². The number of nitrogens with zero attached hydrogens (tertiary/aromatic N) is 1.